The highest BCUT2D eigenvalue weighted by Crippen LogP contribution is 2.29. The van der Waals surface area contributed by atoms with Gasteiger partial charge in [0.2, 0.25) is 11.8 Å². The van der Waals surface area contributed by atoms with Crippen LogP contribution in [0.1, 0.15) is 25.0 Å². The zero-order valence-corrected chi connectivity index (χ0v) is 29.7. The van der Waals surface area contributed by atoms with Crippen LogP contribution in [0.3, 0.4) is 0 Å². The maximum absolute atomic E-state index is 14.6. The summed E-state index contributed by atoms with van der Waals surface area (Å²) in [5.74, 6) is 0.264. The van der Waals surface area contributed by atoms with Gasteiger partial charge in [-0.25, -0.2) is 8.42 Å². The first-order chi connectivity index (χ1) is 23.6. The SMILES string of the molecule is CC(C)NC(=O)C(Cc1ccccc1)N(Cc1cccc(Br)c1)C(=O)CN(c1ccc(Oc2ccccc2)cc1)S(=O)(=O)c1ccccc1. The fourth-order valence-corrected chi connectivity index (χ4v) is 7.20. The van der Waals surface area contributed by atoms with Crippen LogP contribution >= 0.6 is 15.9 Å². The molecule has 0 fully saturated rings. The minimum absolute atomic E-state index is 0.0318. The number of sulfonamides is 1. The van der Waals surface area contributed by atoms with Crippen LogP contribution in [-0.4, -0.2) is 43.8 Å². The third kappa shape index (κ3) is 9.58. The molecule has 5 aromatic carbocycles. The lowest BCUT2D eigenvalue weighted by Gasteiger charge is -2.34. The Hall–Kier alpha value is -4.93. The molecule has 1 unspecified atom stereocenters. The third-order valence-electron chi connectivity index (χ3n) is 7.66. The Bertz CT molecular complexity index is 1940. The van der Waals surface area contributed by atoms with Crippen molar-refractivity contribution in [2.24, 2.45) is 0 Å². The summed E-state index contributed by atoms with van der Waals surface area (Å²) in [7, 11) is -4.22. The van der Waals surface area contributed by atoms with Crippen molar-refractivity contribution in [3.05, 3.63) is 155 Å². The minimum atomic E-state index is -4.22. The first-order valence-corrected chi connectivity index (χ1v) is 18.1. The molecule has 0 aliphatic heterocycles. The molecule has 0 saturated carbocycles. The molecule has 8 nitrogen and oxygen atoms in total. The lowest BCUT2D eigenvalue weighted by Crippen LogP contribution is -2.54. The van der Waals surface area contributed by atoms with Gasteiger partial charge in [0, 0.05) is 23.5 Å². The molecule has 5 rings (SSSR count). The summed E-state index contributed by atoms with van der Waals surface area (Å²) in [5.41, 5.74) is 1.91. The van der Waals surface area contributed by atoms with Crippen LogP contribution in [0.5, 0.6) is 11.5 Å². The molecule has 5 aromatic rings. The van der Waals surface area contributed by atoms with Crippen LogP contribution in [0.15, 0.2) is 149 Å². The number of nitrogens with zero attached hydrogens (tertiary/aromatic N) is 2. The Kier molecular flexibility index (Phi) is 11.9. The first kappa shape index (κ1) is 35.4. The smallest absolute Gasteiger partial charge is 0.264 e. The zero-order valence-electron chi connectivity index (χ0n) is 27.3. The minimum Gasteiger partial charge on any atom is -0.457 e. The Morgan fingerprint density at radius 3 is 1.92 bits per heavy atom. The summed E-state index contributed by atoms with van der Waals surface area (Å²) in [5, 5.41) is 2.98. The van der Waals surface area contributed by atoms with E-state index in [2.05, 4.69) is 21.2 Å². The van der Waals surface area contributed by atoms with Crippen LogP contribution < -0.4 is 14.4 Å². The number of hydrogen-bond donors (Lipinski definition) is 1. The maximum Gasteiger partial charge on any atom is 0.264 e. The van der Waals surface area contributed by atoms with Gasteiger partial charge in [-0.15, -0.1) is 0 Å². The summed E-state index contributed by atoms with van der Waals surface area (Å²) < 4.78 is 36.3. The van der Waals surface area contributed by atoms with Crippen LogP contribution in [0.25, 0.3) is 0 Å². The van der Waals surface area contributed by atoms with E-state index in [-0.39, 0.29) is 35.5 Å². The van der Waals surface area contributed by atoms with Gasteiger partial charge in [-0.1, -0.05) is 94.8 Å². The molecule has 2 amide bonds. The third-order valence-corrected chi connectivity index (χ3v) is 9.94. The first-order valence-electron chi connectivity index (χ1n) is 15.9. The van der Waals surface area contributed by atoms with Gasteiger partial charge in [0.15, 0.2) is 0 Å². The van der Waals surface area contributed by atoms with E-state index in [4.69, 9.17) is 4.74 Å². The predicted molar refractivity (Wildman–Crippen MR) is 196 cm³/mol. The predicted octanol–water partition coefficient (Wildman–Crippen LogP) is 7.60. The Morgan fingerprint density at radius 1 is 0.735 bits per heavy atom. The van der Waals surface area contributed by atoms with Crippen molar-refractivity contribution >= 4 is 43.5 Å². The molecule has 0 aliphatic rings. The van der Waals surface area contributed by atoms with Crippen molar-refractivity contribution in [1.29, 1.82) is 0 Å². The summed E-state index contributed by atoms with van der Waals surface area (Å²) in [6.45, 7) is 3.24. The van der Waals surface area contributed by atoms with Crippen molar-refractivity contribution < 1.29 is 22.7 Å². The molecule has 1 N–H and O–H groups in total. The summed E-state index contributed by atoms with van der Waals surface area (Å²) >= 11 is 3.51. The number of carbonyl (C=O) groups is 2. The van der Waals surface area contributed by atoms with Crippen molar-refractivity contribution in [3.8, 4) is 11.5 Å². The normalized spacial score (nSPS) is 11.8. The van der Waals surface area contributed by atoms with E-state index in [0.29, 0.717) is 11.5 Å². The molecule has 0 saturated heterocycles. The van der Waals surface area contributed by atoms with E-state index < -0.39 is 28.5 Å². The second kappa shape index (κ2) is 16.5. The Morgan fingerprint density at radius 2 is 1.31 bits per heavy atom. The molecule has 0 spiro atoms. The van der Waals surface area contributed by atoms with Crippen LogP contribution in [0.2, 0.25) is 0 Å². The molecule has 0 aromatic heterocycles. The number of halogens is 1. The standard InChI is InChI=1S/C39H38BrN3O5S/c1-29(2)41-39(45)37(26-30-13-6-3-7-14-30)42(27-31-15-12-16-32(40)25-31)38(44)28-43(49(46,47)36-19-10-5-11-20-36)33-21-23-35(24-22-33)48-34-17-8-4-9-18-34/h3-25,29,37H,26-28H2,1-2H3,(H,41,45). The summed E-state index contributed by atoms with van der Waals surface area (Å²) in [6.07, 6.45) is 0.232. The number of hydrogen-bond acceptors (Lipinski definition) is 5. The molecule has 252 valence electrons. The van der Waals surface area contributed by atoms with Gasteiger partial charge in [-0.2, -0.15) is 0 Å². The van der Waals surface area contributed by atoms with Crippen molar-refractivity contribution in [2.45, 2.75) is 43.8 Å². The molecule has 49 heavy (non-hydrogen) atoms. The molecule has 0 heterocycles. The summed E-state index contributed by atoms with van der Waals surface area (Å²) in [4.78, 5) is 30.0. The molecule has 0 bridgehead atoms. The van der Waals surface area contributed by atoms with Gasteiger partial charge in [0.05, 0.1) is 10.6 Å². The number of carbonyl (C=O) groups excluding carboxylic acids is 2. The zero-order chi connectivity index (χ0) is 34.8. The van der Waals surface area contributed by atoms with Crippen LogP contribution in [0.4, 0.5) is 5.69 Å². The molecular weight excluding hydrogens is 702 g/mol. The number of amides is 2. The van der Waals surface area contributed by atoms with Crippen molar-refractivity contribution in [3.63, 3.8) is 0 Å². The van der Waals surface area contributed by atoms with Crippen molar-refractivity contribution in [2.75, 3.05) is 10.8 Å². The molecular formula is C39H38BrN3O5S. The fraction of sp³-hybridized carbons (Fsp3) is 0.179. The lowest BCUT2D eigenvalue weighted by molar-refractivity contribution is -0.140. The number of benzene rings is 5. The van der Waals surface area contributed by atoms with Gasteiger partial charge in [0.1, 0.15) is 24.1 Å². The van der Waals surface area contributed by atoms with Gasteiger partial charge < -0.3 is 15.0 Å². The van der Waals surface area contributed by atoms with E-state index in [9.17, 15) is 18.0 Å². The Balaban J connectivity index is 1.55. The fourth-order valence-electron chi connectivity index (χ4n) is 5.32. The number of rotatable bonds is 14. The molecule has 10 heteroatoms. The van der Waals surface area contributed by atoms with Crippen molar-refractivity contribution in [1.82, 2.24) is 10.2 Å². The average molecular weight is 741 g/mol. The highest BCUT2D eigenvalue weighted by atomic mass is 79.9. The van der Waals surface area contributed by atoms with E-state index in [1.165, 1.54) is 17.0 Å². The molecule has 0 aliphatic carbocycles. The highest BCUT2D eigenvalue weighted by Gasteiger charge is 2.35. The number of ether oxygens (including phenoxy) is 1. The van der Waals surface area contributed by atoms with E-state index >= 15 is 0 Å². The molecule has 0 radical (unpaired) electrons. The van der Waals surface area contributed by atoms with E-state index in [1.54, 1.807) is 42.5 Å². The topological polar surface area (TPSA) is 96.0 Å². The number of anilines is 1. The maximum atomic E-state index is 14.6. The van der Waals surface area contributed by atoms with E-state index in [0.717, 1.165) is 19.9 Å². The number of nitrogens with one attached hydrogen (secondary N) is 1. The summed E-state index contributed by atoms with van der Waals surface area (Å²) in [6, 6.07) is 39.6. The monoisotopic (exact) mass is 739 g/mol. The van der Waals surface area contributed by atoms with Crippen LogP contribution in [0, 0.1) is 0 Å². The average Bonchev–Trinajstić information content (AvgIpc) is 3.10. The largest absolute Gasteiger partial charge is 0.457 e. The molecule has 1 atom stereocenters. The van der Waals surface area contributed by atoms with E-state index in [1.807, 2.05) is 98.8 Å². The Labute approximate surface area is 296 Å². The highest BCUT2D eigenvalue weighted by molar-refractivity contribution is 9.10. The van der Waals surface area contributed by atoms with Crippen LogP contribution in [-0.2, 0) is 32.6 Å². The number of para-hydroxylation sites is 1. The van der Waals surface area contributed by atoms with Gasteiger partial charge >= 0.3 is 0 Å². The van der Waals surface area contributed by atoms with Gasteiger partial charge in [-0.3, -0.25) is 13.9 Å². The second-order valence-electron chi connectivity index (χ2n) is 11.8. The lowest BCUT2D eigenvalue weighted by atomic mass is 10.0. The van der Waals surface area contributed by atoms with Gasteiger partial charge in [0.25, 0.3) is 10.0 Å². The quantitative estimate of drug-likeness (QED) is 0.127. The second-order valence-corrected chi connectivity index (χ2v) is 14.5. The van der Waals surface area contributed by atoms with Gasteiger partial charge in [-0.05, 0) is 85.6 Å².